The largest absolute Gasteiger partial charge is 0.264 e. The average Bonchev–Trinajstić information content (AvgIpc) is 2.03. The van der Waals surface area contributed by atoms with Gasteiger partial charge in [-0.05, 0) is 30.2 Å². The van der Waals surface area contributed by atoms with Gasteiger partial charge in [-0.15, -0.1) is 5.23 Å². The van der Waals surface area contributed by atoms with Gasteiger partial charge in [0.1, 0.15) is 0 Å². The molecule has 0 aromatic heterocycles. The molecule has 0 saturated carbocycles. The van der Waals surface area contributed by atoms with Crippen molar-refractivity contribution in [2.45, 2.75) is 13.3 Å². The highest BCUT2D eigenvalue weighted by Crippen LogP contribution is 2.22. The summed E-state index contributed by atoms with van der Waals surface area (Å²) < 4.78 is 0. The molecule has 0 bridgehead atoms. The maximum absolute atomic E-state index is 8.77. The molecule has 0 aliphatic heterocycles. The molecule has 0 aliphatic rings. The Bertz CT molecular complexity index is 276. The van der Waals surface area contributed by atoms with Gasteiger partial charge in [0.05, 0.1) is 5.69 Å². The second-order valence-corrected chi connectivity index (χ2v) is 2.85. The van der Waals surface area contributed by atoms with Crippen LogP contribution in [0.1, 0.15) is 12.5 Å². The van der Waals surface area contributed by atoms with Gasteiger partial charge in [0.2, 0.25) is 0 Å². The molecule has 0 amide bonds. The van der Waals surface area contributed by atoms with Crippen molar-refractivity contribution < 1.29 is 10.4 Å². The quantitative estimate of drug-likeness (QED) is 0.700. The van der Waals surface area contributed by atoms with E-state index in [0.717, 1.165) is 5.56 Å². The Hall–Kier alpha value is -0.770. The minimum atomic E-state index is 0.106. The number of rotatable bonds is 2. The molecule has 0 radical (unpaired) electrons. The summed E-state index contributed by atoms with van der Waals surface area (Å²) in [6.07, 6.45) is 0.702. The van der Waals surface area contributed by atoms with Crippen LogP contribution < -0.4 is 5.23 Å². The van der Waals surface area contributed by atoms with Crippen molar-refractivity contribution in [3.05, 3.63) is 28.8 Å². The molecule has 0 atom stereocenters. The Morgan fingerprint density at radius 1 is 1.42 bits per heavy atom. The van der Waals surface area contributed by atoms with Crippen LogP contribution in [-0.2, 0) is 6.42 Å². The van der Waals surface area contributed by atoms with E-state index in [2.05, 4.69) is 0 Å². The van der Waals surface area contributed by atoms with E-state index in [-0.39, 0.29) is 5.23 Å². The highest BCUT2D eigenvalue weighted by molar-refractivity contribution is 6.30. The molecule has 0 saturated heterocycles. The van der Waals surface area contributed by atoms with Crippen molar-refractivity contribution >= 4 is 17.3 Å². The molecule has 1 aromatic rings. The maximum Gasteiger partial charge on any atom is 0.0975 e. The molecule has 1 aromatic carbocycles. The van der Waals surface area contributed by atoms with Crippen LogP contribution in [0.5, 0.6) is 0 Å². The standard InChI is InChI=1S/C8H10ClNO2/c1-2-6-5-7(9)3-4-8(6)10(11)12/h3-5,11-12H,2H2,1H3. The Balaban J connectivity index is 3.11. The smallest absolute Gasteiger partial charge is 0.0975 e. The molecule has 3 nitrogen and oxygen atoms in total. The number of hydrogen-bond acceptors (Lipinski definition) is 3. The number of benzene rings is 1. The van der Waals surface area contributed by atoms with Gasteiger partial charge in [0.15, 0.2) is 0 Å². The first-order chi connectivity index (χ1) is 5.65. The van der Waals surface area contributed by atoms with Crippen LogP contribution in [-0.4, -0.2) is 10.4 Å². The minimum absolute atomic E-state index is 0.106. The average molecular weight is 188 g/mol. The lowest BCUT2D eigenvalue weighted by atomic mass is 10.1. The monoisotopic (exact) mass is 187 g/mol. The van der Waals surface area contributed by atoms with Crippen molar-refractivity contribution in [2.24, 2.45) is 0 Å². The number of nitrogens with zero attached hydrogens (tertiary/aromatic N) is 1. The van der Waals surface area contributed by atoms with E-state index in [9.17, 15) is 0 Å². The van der Waals surface area contributed by atoms with E-state index in [4.69, 9.17) is 22.0 Å². The first kappa shape index (κ1) is 9.32. The third-order valence-electron chi connectivity index (χ3n) is 1.64. The zero-order valence-electron chi connectivity index (χ0n) is 6.66. The fourth-order valence-electron chi connectivity index (χ4n) is 1.03. The number of aryl methyl sites for hydroxylation is 1. The lowest BCUT2D eigenvalue weighted by Crippen LogP contribution is -2.12. The van der Waals surface area contributed by atoms with E-state index in [1.807, 2.05) is 6.92 Å². The Kier molecular flexibility index (Phi) is 2.92. The van der Waals surface area contributed by atoms with E-state index >= 15 is 0 Å². The van der Waals surface area contributed by atoms with E-state index in [1.54, 1.807) is 18.2 Å². The van der Waals surface area contributed by atoms with Crippen molar-refractivity contribution in [3.63, 3.8) is 0 Å². The summed E-state index contributed by atoms with van der Waals surface area (Å²) in [7, 11) is 0. The second kappa shape index (κ2) is 3.76. The fourth-order valence-corrected chi connectivity index (χ4v) is 1.23. The molecule has 66 valence electrons. The molecule has 0 unspecified atom stereocenters. The third-order valence-corrected chi connectivity index (χ3v) is 1.87. The summed E-state index contributed by atoms with van der Waals surface area (Å²) in [5.41, 5.74) is 1.16. The highest BCUT2D eigenvalue weighted by atomic mass is 35.5. The van der Waals surface area contributed by atoms with Crippen LogP contribution in [0.4, 0.5) is 5.69 Å². The van der Waals surface area contributed by atoms with Crippen molar-refractivity contribution in [1.82, 2.24) is 0 Å². The first-order valence-electron chi connectivity index (χ1n) is 3.61. The second-order valence-electron chi connectivity index (χ2n) is 2.42. The van der Waals surface area contributed by atoms with Gasteiger partial charge >= 0.3 is 0 Å². The lowest BCUT2D eigenvalue weighted by Gasteiger charge is -2.12. The van der Waals surface area contributed by atoms with E-state index < -0.39 is 0 Å². The van der Waals surface area contributed by atoms with Crippen LogP contribution in [0.15, 0.2) is 18.2 Å². The molecule has 4 heteroatoms. The third kappa shape index (κ3) is 1.88. The van der Waals surface area contributed by atoms with E-state index in [0.29, 0.717) is 17.1 Å². The molecule has 0 spiro atoms. The van der Waals surface area contributed by atoms with Gasteiger partial charge in [0.25, 0.3) is 0 Å². The lowest BCUT2D eigenvalue weighted by molar-refractivity contribution is 0.0287. The van der Waals surface area contributed by atoms with Crippen molar-refractivity contribution in [1.29, 1.82) is 0 Å². The van der Waals surface area contributed by atoms with Gasteiger partial charge < -0.3 is 0 Å². The Labute approximate surface area is 75.7 Å². The maximum atomic E-state index is 8.77. The summed E-state index contributed by atoms with van der Waals surface area (Å²) in [6.45, 7) is 1.92. The molecule has 0 heterocycles. The minimum Gasteiger partial charge on any atom is -0.264 e. The highest BCUT2D eigenvalue weighted by Gasteiger charge is 2.05. The zero-order chi connectivity index (χ0) is 9.14. The molecule has 0 fully saturated rings. The van der Waals surface area contributed by atoms with Crippen molar-refractivity contribution in [2.75, 3.05) is 5.23 Å². The van der Waals surface area contributed by atoms with Gasteiger partial charge in [-0.3, -0.25) is 10.4 Å². The predicted molar refractivity (Wildman–Crippen MR) is 46.9 cm³/mol. The van der Waals surface area contributed by atoms with Crippen LogP contribution in [0, 0.1) is 0 Å². The number of halogens is 1. The normalized spacial score (nSPS) is 10.0. The fraction of sp³-hybridized carbons (Fsp3) is 0.250. The van der Waals surface area contributed by atoms with Crippen molar-refractivity contribution in [3.8, 4) is 0 Å². The molecule has 0 aliphatic carbocycles. The molecular weight excluding hydrogens is 178 g/mol. The van der Waals surface area contributed by atoms with Crippen LogP contribution in [0.3, 0.4) is 0 Å². The predicted octanol–water partition coefficient (Wildman–Crippen LogP) is 2.49. The summed E-state index contributed by atoms with van der Waals surface area (Å²) >= 11 is 5.72. The summed E-state index contributed by atoms with van der Waals surface area (Å²) in [4.78, 5) is 0. The van der Waals surface area contributed by atoms with Crippen LogP contribution in [0.2, 0.25) is 5.02 Å². The molecule has 2 N–H and O–H groups in total. The Morgan fingerprint density at radius 3 is 2.58 bits per heavy atom. The zero-order valence-corrected chi connectivity index (χ0v) is 7.41. The number of hydrogen-bond donors (Lipinski definition) is 2. The van der Waals surface area contributed by atoms with Gasteiger partial charge in [-0.25, -0.2) is 0 Å². The molecular formula is C8H10ClNO2. The molecule has 12 heavy (non-hydrogen) atoms. The summed E-state index contributed by atoms with van der Waals surface area (Å²) in [5.74, 6) is 0. The van der Waals surface area contributed by atoms with Crippen LogP contribution in [0.25, 0.3) is 0 Å². The van der Waals surface area contributed by atoms with Crippen LogP contribution >= 0.6 is 11.6 Å². The SMILES string of the molecule is CCc1cc(Cl)ccc1N(O)O. The van der Waals surface area contributed by atoms with Gasteiger partial charge in [0, 0.05) is 5.02 Å². The van der Waals surface area contributed by atoms with Gasteiger partial charge in [-0.2, -0.15) is 0 Å². The van der Waals surface area contributed by atoms with Gasteiger partial charge in [-0.1, -0.05) is 18.5 Å². The summed E-state index contributed by atoms with van der Waals surface area (Å²) in [5, 5.41) is 18.2. The topological polar surface area (TPSA) is 43.7 Å². The Morgan fingerprint density at radius 2 is 2.08 bits per heavy atom. The van der Waals surface area contributed by atoms with E-state index in [1.165, 1.54) is 0 Å². The summed E-state index contributed by atoms with van der Waals surface area (Å²) in [6, 6.07) is 4.87. The molecule has 1 rings (SSSR count). The first-order valence-corrected chi connectivity index (χ1v) is 3.99. The number of anilines is 1.